The molecule has 1 aromatic rings. The molecule has 11 atom stereocenters. The van der Waals surface area contributed by atoms with Gasteiger partial charge in [-0.3, -0.25) is 4.79 Å². The van der Waals surface area contributed by atoms with E-state index in [1.54, 1.807) is 0 Å². The first kappa shape index (κ1) is 46.8. The summed E-state index contributed by atoms with van der Waals surface area (Å²) < 4.78 is 39.8. The van der Waals surface area contributed by atoms with E-state index in [1.165, 1.54) is 0 Å². The third-order valence-electron chi connectivity index (χ3n) is 13.5. The molecule has 56 heavy (non-hydrogen) atoms. The molecule has 0 aromatic heterocycles. The normalized spacial score (nSPS) is 31.6. The second-order valence-corrected chi connectivity index (χ2v) is 30.0. The number of ether oxygens (including phenoxy) is 4. The van der Waals surface area contributed by atoms with Crippen LogP contribution in [-0.2, 0) is 32.6 Å². The fraction of sp³-hybridized carbons (Fsp3) is 0.723. The topological polar surface area (TPSA) is 75.8 Å². The molecule has 0 spiro atoms. The second-order valence-electron chi connectivity index (χ2n) is 20.5. The number of allylic oxidation sites excluding steroid dienone is 3. The molecule has 3 aliphatic heterocycles. The van der Waals surface area contributed by atoms with Crippen molar-refractivity contribution in [3.63, 3.8) is 0 Å². The van der Waals surface area contributed by atoms with Crippen LogP contribution in [0.5, 0.6) is 0 Å². The van der Waals surface area contributed by atoms with Crippen molar-refractivity contribution >= 4 is 22.6 Å². The van der Waals surface area contributed by atoms with E-state index in [1.807, 2.05) is 30.3 Å². The standard InChI is InChI=1S/C47H78O7Si2/c1-17-38(54-56(15,16)46(9,10)11)35(5)43-39(49-43)30-32(2)22-21-23-33(3)42-34(4)26-27-40-47(12,52-44(50-40)36-24-19-18-20-25-36)29-28-37(31-41(48)51-42)53-55(13,14)45(6,7)8/h18-27,32,34-35,37-40,42-44H,17,28-31H2,1-16H3/t32-,34+,35-,37-,38+,39-,40+,42-,43-,44?,47-/m1/s1. The van der Waals surface area contributed by atoms with Gasteiger partial charge < -0.3 is 27.8 Å². The first-order chi connectivity index (χ1) is 25.9. The fourth-order valence-electron chi connectivity index (χ4n) is 7.51. The maximum atomic E-state index is 13.8. The molecule has 0 aliphatic carbocycles. The quantitative estimate of drug-likeness (QED) is 0.0645. The molecular weight excluding hydrogens is 733 g/mol. The number of cyclic esters (lactones) is 1. The van der Waals surface area contributed by atoms with E-state index in [-0.39, 0.29) is 58.9 Å². The van der Waals surface area contributed by atoms with Gasteiger partial charge in [0.2, 0.25) is 0 Å². The summed E-state index contributed by atoms with van der Waals surface area (Å²) in [5, 5.41) is 0.186. The number of benzene rings is 1. The van der Waals surface area contributed by atoms with E-state index in [0.29, 0.717) is 24.7 Å². The summed E-state index contributed by atoms with van der Waals surface area (Å²) >= 11 is 0. The Hall–Kier alpha value is -1.86. The average molecular weight is 811 g/mol. The predicted molar refractivity (Wildman–Crippen MR) is 235 cm³/mol. The van der Waals surface area contributed by atoms with E-state index in [2.05, 4.69) is 140 Å². The number of epoxide rings is 1. The molecular formula is C47H78O7Si2. The van der Waals surface area contributed by atoms with Crippen molar-refractivity contribution in [1.29, 1.82) is 0 Å². The first-order valence-electron chi connectivity index (χ1n) is 21.5. The lowest BCUT2D eigenvalue weighted by Crippen LogP contribution is -2.46. The van der Waals surface area contributed by atoms with Gasteiger partial charge in [-0.25, -0.2) is 0 Å². The Morgan fingerprint density at radius 1 is 0.982 bits per heavy atom. The van der Waals surface area contributed by atoms with Crippen molar-refractivity contribution < 1.29 is 32.6 Å². The Balaban J connectivity index is 1.49. The van der Waals surface area contributed by atoms with Gasteiger partial charge in [-0.05, 0) is 87.3 Å². The number of carbonyl (C=O) groups excluding carboxylic acids is 1. The van der Waals surface area contributed by atoms with Crippen LogP contribution in [0.25, 0.3) is 0 Å². The van der Waals surface area contributed by atoms with Crippen molar-refractivity contribution in [2.24, 2.45) is 17.8 Å². The minimum absolute atomic E-state index is 0.00279. The van der Waals surface area contributed by atoms with Crippen LogP contribution in [0, 0.1) is 17.8 Å². The van der Waals surface area contributed by atoms with Crippen LogP contribution < -0.4 is 0 Å². The van der Waals surface area contributed by atoms with E-state index in [9.17, 15) is 4.79 Å². The number of esters is 1. The summed E-state index contributed by atoms with van der Waals surface area (Å²) in [6, 6.07) is 10.1. The lowest BCUT2D eigenvalue weighted by atomic mass is 9.89. The lowest BCUT2D eigenvalue weighted by molar-refractivity contribution is -0.151. The third kappa shape index (κ3) is 12.1. The highest BCUT2D eigenvalue weighted by atomic mass is 28.4. The van der Waals surface area contributed by atoms with Gasteiger partial charge in [-0.1, -0.05) is 130 Å². The zero-order valence-electron chi connectivity index (χ0n) is 37.9. The Morgan fingerprint density at radius 2 is 1.62 bits per heavy atom. The lowest BCUT2D eigenvalue weighted by Gasteiger charge is -2.40. The summed E-state index contributed by atoms with van der Waals surface area (Å²) in [6.07, 6.45) is 13.5. The SMILES string of the molecule is CC[C@H](O[Si](C)(C)C(C)(C)C)[C@@H](C)[C@H]1O[C@@H]1C[C@H](C)C=CC=C(C)[C@H]1OC(=O)C[C@H](O[Si](C)(C)C(C)(C)C)CC[C@@]2(C)OC(c3ccccc3)O[C@H]2C=C[C@@H]1C. The number of carbonyl (C=O) groups is 1. The monoisotopic (exact) mass is 811 g/mol. The number of hydrogen-bond donors (Lipinski definition) is 0. The summed E-state index contributed by atoms with van der Waals surface area (Å²) in [7, 11) is -4.05. The van der Waals surface area contributed by atoms with E-state index in [4.69, 9.17) is 27.8 Å². The Kier molecular flexibility index (Phi) is 15.6. The molecule has 2 fully saturated rings. The van der Waals surface area contributed by atoms with Gasteiger partial charge in [0, 0.05) is 23.5 Å². The third-order valence-corrected chi connectivity index (χ3v) is 22.5. The summed E-state index contributed by atoms with van der Waals surface area (Å²) in [5.41, 5.74) is 1.40. The molecule has 1 aromatic carbocycles. The zero-order valence-corrected chi connectivity index (χ0v) is 39.9. The molecule has 7 nitrogen and oxygen atoms in total. The van der Waals surface area contributed by atoms with Crippen LogP contribution in [0.4, 0.5) is 0 Å². The van der Waals surface area contributed by atoms with Crippen molar-refractivity contribution in [3.8, 4) is 0 Å². The van der Waals surface area contributed by atoms with Crippen LogP contribution in [0.15, 0.2) is 66.3 Å². The summed E-state index contributed by atoms with van der Waals surface area (Å²) in [6.45, 7) is 35.9. The van der Waals surface area contributed by atoms with Gasteiger partial charge in [0.15, 0.2) is 22.9 Å². The molecule has 4 rings (SSSR count). The largest absolute Gasteiger partial charge is 0.457 e. The van der Waals surface area contributed by atoms with E-state index >= 15 is 0 Å². The van der Waals surface area contributed by atoms with Crippen molar-refractivity contribution in [2.75, 3.05) is 0 Å². The van der Waals surface area contributed by atoms with Crippen LogP contribution in [0.1, 0.15) is 127 Å². The van der Waals surface area contributed by atoms with E-state index < -0.39 is 34.6 Å². The Morgan fingerprint density at radius 3 is 2.23 bits per heavy atom. The first-order valence-corrected chi connectivity index (χ1v) is 27.3. The molecule has 1 unspecified atom stereocenters. The molecule has 316 valence electrons. The van der Waals surface area contributed by atoms with Crippen LogP contribution >= 0.6 is 0 Å². The molecule has 3 aliphatic rings. The van der Waals surface area contributed by atoms with Crippen LogP contribution in [0.3, 0.4) is 0 Å². The zero-order chi connectivity index (χ0) is 41.9. The summed E-state index contributed by atoms with van der Waals surface area (Å²) in [4.78, 5) is 13.8. The van der Waals surface area contributed by atoms with Gasteiger partial charge in [-0.15, -0.1) is 0 Å². The Bertz CT molecular complexity index is 1520. The Labute approximate surface area is 343 Å². The molecule has 2 saturated heterocycles. The van der Waals surface area contributed by atoms with Crippen molar-refractivity contribution in [2.45, 2.75) is 200 Å². The number of fused-ring (bicyclic) bond motifs is 1. The van der Waals surface area contributed by atoms with E-state index in [0.717, 1.165) is 24.0 Å². The average Bonchev–Trinajstić information content (AvgIpc) is 3.78. The van der Waals surface area contributed by atoms with Gasteiger partial charge in [0.25, 0.3) is 0 Å². The molecule has 0 amide bonds. The smallest absolute Gasteiger partial charge is 0.308 e. The maximum absolute atomic E-state index is 13.8. The number of rotatable bonds is 13. The van der Waals surface area contributed by atoms with Crippen LogP contribution in [-0.4, -0.2) is 64.8 Å². The predicted octanol–water partition coefficient (Wildman–Crippen LogP) is 12.3. The summed E-state index contributed by atoms with van der Waals surface area (Å²) in [5.74, 6) is 0.372. The number of hydrogen-bond acceptors (Lipinski definition) is 7. The highest BCUT2D eigenvalue weighted by molar-refractivity contribution is 6.74. The van der Waals surface area contributed by atoms with Gasteiger partial charge in [-0.2, -0.15) is 0 Å². The second kappa shape index (κ2) is 18.6. The fourth-order valence-corrected chi connectivity index (χ4v) is 10.4. The van der Waals surface area contributed by atoms with Crippen molar-refractivity contribution in [3.05, 3.63) is 71.8 Å². The molecule has 0 bridgehead atoms. The molecule has 3 heterocycles. The molecule has 0 N–H and O–H groups in total. The van der Waals surface area contributed by atoms with Gasteiger partial charge >= 0.3 is 5.97 Å². The maximum Gasteiger partial charge on any atom is 0.308 e. The molecule has 0 radical (unpaired) electrons. The van der Waals surface area contributed by atoms with Crippen molar-refractivity contribution in [1.82, 2.24) is 0 Å². The molecule has 9 heteroatoms. The van der Waals surface area contributed by atoms with Crippen LogP contribution in [0.2, 0.25) is 36.3 Å². The van der Waals surface area contributed by atoms with Gasteiger partial charge in [0.05, 0.1) is 30.3 Å². The minimum Gasteiger partial charge on any atom is -0.457 e. The molecule has 0 saturated carbocycles. The highest BCUT2D eigenvalue weighted by Gasteiger charge is 2.49. The minimum atomic E-state index is -2.19. The van der Waals surface area contributed by atoms with Gasteiger partial charge in [0.1, 0.15) is 12.2 Å². The highest BCUT2D eigenvalue weighted by Crippen LogP contribution is 2.45.